The molecular formula is C26H21FN4O2S. The summed E-state index contributed by atoms with van der Waals surface area (Å²) in [5.74, 6) is 0.513. The van der Waals surface area contributed by atoms with Crippen LogP contribution < -0.4 is 5.32 Å². The summed E-state index contributed by atoms with van der Waals surface area (Å²) in [6.07, 6.45) is 1.60. The number of ketones is 1. The normalized spacial score (nSPS) is 12.8. The third-order valence-electron chi connectivity index (χ3n) is 5.65. The molecule has 0 bridgehead atoms. The van der Waals surface area contributed by atoms with Crippen molar-refractivity contribution in [2.75, 3.05) is 11.1 Å². The minimum absolute atomic E-state index is 0.00596. The number of carbonyl (C=O) groups excluding carboxylic acids is 2. The van der Waals surface area contributed by atoms with Crippen LogP contribution in [0.25, 0.3) is 5.69 Å². The number of Topliss-reactive ketones (excluding diaryl/α,β-unsaturated/α-hetero) is 1. The second kappa shape index (κ2) is 9.61. The number of fused-ring (bicyclic) bond motifs is 1. The average Bonchev–Trinajstić information content (AvgIpc) is 3.25. The van der Waals surface area contributed by atoms with Crippen LogP contribution in [0.3, 0.4) is 0 Å². The van der Waals surface area contributed by atoms with E-state index in [0.717, 1.165) is 22.5 Å². The number of amides is 1. The van der Waals surface area contributed by atoms with E-state index in [1.165, 1.54) is 23.9 Å². The molecule has 0 atom stereocenters. The zero-order valence-electron chi connectivity index (χ0n) is 18.2. The summed E-state index contributed by atoms with van der Waals surface area (Å²) in [4.78, 5) is 24.5. The molecule has 1 aromatic heterocycles. The quantitative estimate of drug-likeness (QED) is 0.307. The predicted molar refractivity (Wildman–Crippen MR) is 129 cm³/mol. The lowest BCUT2D eigenvalue weighted by Gasteiger charge is -2.17. The first kappa shape index (κ1) is 22.0. The van der Waals surface area contributed by atoms with Gasteiger partial charge in [0.2, 0.25) is 5.91 Å². The molecule has 34 heavy (non-hydrogen) atoms. The van der Waals surface area contributed by atoms with Crippen LogP contribution in [0.5, 0.6) is 0 Å². The van der Waals surface area contributed by atoms with Crippen molar-refractivity contribution < 1.29 is 14.0 Å². The zero-order chi connectivity index (χ0) is 23.5. The summed E-state index contributed by atoms with van der Waals surface area (Å²) in [5, 5.41) is 12.1. The maximum absolute atomic E-state index is 13.5. The molecule has 1 N–H and O–H groups in total. The fraction of sp³-hybridized carbons (Fsp3) is 0.154. The van der Waals surface area contributed by atoms with Crippen LogP contribution in [0, 0.1) is 5.82 Å². The molecule has 3 aromatic carbocycles. The van der Waals surface area contributed by atoms with Gasteiger partial charge >= 0.3 is 0 Å². The van der Waals surface area contributed by atoms with Crippen LogP contribution >= 0.6 is 11.8 Å². The lowest BCUT2D eigenvalue weighted by Crippen LogP contribution is -2.19. The molecular weight excluding hydrogens is 451 g/mol. The number of nitrogens with zero attached hydrogens (tertiary/aromatic N) is 3. The Kier molecular flexibility index (Phi) is 6.22. The van der Waals surface area contributed by atoms with Crippen LogP contribution in [0.1, 0.15) is 33.7 Å². The maximum Gasteiger partial charge on any atom is 0.224 e. The third-order valence-corrected chi connectivity index (χ3v) is 6.57. The second-order valence-corrected chi connectivity index (χ2v) is 8.95. The number of carbonyl (C=O) groups is 2. The van der Waals surface area contributed by atoms with Crippen molar-refractivity contribution in [1.29, 1.82) is 0 Å². The molecule has 0 spiro atoms. The molecule has 8 heteroatoms. The second-order valence-electron chi connectivity index (χ2n) is 8.00. The molecule has 0 saturated heterocycles. The summed E-state index contributed by atoms with van der Waals surface area (Å²) in [6, 6.07) is 21.4. The van der Waals surface area contributed by atoms with E-state index in [0.29, 0.717) is 35.8 Å². The number of hydrogen-bond donors (Lipinski definition) is 1. The Bertz CT molecular complexity index is 1350. The smallest absolute Gasteiger partial charge is 0.224 e. The van der Waals surface area contributed by atoms with Crippen molar-refractivity contribution in [2.24, 2.45) is 0 Å². The Morgan fingerprint density at radius 2 is 1.79 bits per heavy atom. The van der Waals surface area contributed by atoms with Crippen LogP contribution in [0.2, 0.25) is 0 Å². The molecule has 170 valence electrons. The molecule has 0 saturated carbocycles. The van der Waals surface area contributed by atoms with Crippen LogP contribution in [-0.4, -0.2) is 32.2 Å². The standard InChI is InChI=1S/C26H21FN4O2S/c27-20-8-10-21(11-9-20)31-24(14-17-4-2-1-3-5-17)29-30-26(31)34-16-23(32)19-6-12-22-18(15-19)7-13-25(33)28-22/h1-6,8-12,15H,7,13-14,16H2,(H,28,33). The number of benzene rings is 3. The van der Waals surface area contributed by atoms with Gasteiger partial charge in [-0.2, -0.15) is 0 Å². The first-order valence-corrected chi connectivity index (χ1v) is 11.9. The topological polar surface area (TPSA) is 76.9 Å². The summed E-state index contributed by atoms with van der Waals surface area (Å²) in [6.45, 7) is 0. The third kappa shape index (κ3) is 4.77. The van der Waals surface area contributed by atoms with E-state index in [4.69, 9.17) is 0 Å². The largest absolute Gasteiger partial charge is 0.326 e. The molecule has 4 aromatic rings. The molecule has 0 aliphatic carbocycles. The van der Waals surface area contributed by atoms with Gasteiger partial charge in [0.05, 0.1) is 5.75 Å². The Morgan fingerprint density at radius 1 is 1.00 bits per heavy atom. The molecule has 5 rings (SSSR count). The van der Waals surface area contributed by atoms with E-state index >= 15 is 0 Å². The fourth-order valence-corrected chi connectivity index (χ4v) is 4.77. The lowest BCUT2D eigenvalue weighted by molar-refractivity contribution is -0.116. The molecule has 0 fully saturated rings. The number of aryl methyl sites for hydroxylation is 1. The van der Waals surface area contributed by atoms with E-state index in [1.54, 1.807) is 24.3 Å². The number of halogens is 1. The van der Waals surface area contributed by atoms with Gasteiger partial charge in [0, 0.05) is 29.8 Å². The highest BCUT2D eigenvalue weighted by molar-refractivity contribution is 7.99. The van der Waals surface area contributed by atoms with Gasteiger partial charge in [0.15, 0.2) is 10.9 Å². The molecule has 2 heterocycles. The average molecular weight is 473 g/mol. The monoisotopic (exact) mass is 472 g/mol. The lowest BCUT2D eigenvalue weighted by atomic mass is 9.99. The fourth-order valence-electron chi connectivity index (χ4n) is 3.91. The SMILES string of the molecule is O=C1CCc2cc(C(=O)CSc3nnc(Cc4ccccc4)n3-c3ccc(F)cc3)ccc2N1. The maximum atomic E-state index is 13.5. The molecule has 6 nitrogen and oxygen atoms in total. The van der Waals surface area contributed by atoms with Gasteiger partial charge in [-0.25, -0.2) is 4.39 Å². The van der Waals surface area contributed by atoms with Crippen molar-refractivity contribution in [3.05, 3.63) is 101 Å². The van der Waals surface area contributed by atoms with E-state index in [9.17, 15) is 14.0 Å². The predicted octanol–water partition coefficient (Wildman–Crippen LogP) is 4.86. The van der Waals surface area contributed by atoms with Gasteiger partial charge in [-0.1, -0.05) is 42.1 Å². The summed E-state index contributed by atoms with van der Waals surface area (Å²) in [5.41, 5.74) is 4.14. The van der Waals surface area contributed by atoms with Gasteiger partial charge in [-0.05, 0) is 60.0 Å². The highest BCUT2D eigenvalue weighted by Gasteiger charge is 2.19. The molecule has 0 radical (unpaired) electrons. The van der Waals surface area contributed by atoms with Gasteiger partial charge in [0.25, 0.3) is 0 Å². The van der Waals surface area contributed by atoms with E-state index in [-0.39, 0.29) is 23.3 Å². The van der Waals surface area contributed by atoms with Crippen LogP contribution in [0.15, 0.2) is 78.0 Å². The Labute approximate surface area is 200 Å². The molecule has 1 aliphatic rings. The van der Waals surface area contributed by atoms with Crippen molar-refractivity contribution in [1.82, 2.24) is 14.8 Å². The Morgan fingerprint density at radius 3 is 2.59 bits per heavy atom. The first-order chi connectivity index (χ1) is 16.6. The minimum atomic E-state index is -0.325. The summed E-state index contributed by atoms with van der Waals surface area (Å²) in [7, 11) is 0. The number of aromatic nitrogens is 3. The molecule has 1 amide bonds. The summed E-state index contributed by atoms with van der Waals surface area (Å²) >= 11 is 1.29. The van der Waals surface area contributed by atoms with Gasteiger partial charge < -0.3 is 5.32 Å². The Hall–Kier alpha value is -3.78. The number of thioether (sulfide) groups is 1. The van der Waals surface area contributed by atoms with Gasteiger partial charge in [-0.3, -0.25) is 14.2 Å². The van der Waals surface area contributed by atoms with E-state index in [1.807, 2.05) is 41.0 Å². The summed E-state index contributed by atoms with van der Waals surface area (Å²) < 4.78 is 15.4. The van der Waals surface area contributed by atoms with Crippen molar-refractivity contribution in [3.63, 3.8) is 0 Å². The Balaban J connectivity index is 1.38. The number of hydrogen-bond acceptors (Lipinski definition) is 5. The van der Waals surface area contributed by atoms with Gasteiger partial charge in [-0.15, -0.1) is 10.2 Å². The zero-order valence-corrected chi connectivity index (χ0v) is 19.0. The van der Waals surface area contributed by atoms with Crippen molar-refractivity contribution in [3.8, 4) is 5.69 Å². The van der Waals surface area contributed by atoms with Crippen molar-refractivity contribution in [2.45, 2.75) is 24.4 Å². The number of rotatable bonds is 7. The van der Waals surface area contributed by atoms with Crippen LogP contribution in [-0.2, 0) is 17.6 Å². The van der Waals surface area contributed by atoms with Crippen LogP contribution in [0.4, 0.5) is 10.1 Å². The molecule has 1 aliphatic heterocycles. The minimum Gasteiger partial charge on any atom is -0.326 e. The highest BCUT2D eigenvalue weighted by Crippen LogP contribution is 2.27. The molecule has 0 unspecified atom stereocenters. The van der Waals surface area contributed by atoms with E-state index < -0.39 is 0 Å². The first-order valence-electron chi connectivity index (χ1n) is 10.9. The van der Waals surface area contributed by atoms with Gasteiger partial charge in [0.1, 0.15) is 11.6 Å². The van der Waals surface area contributed by atoms with Crippen molar-refractivity contribution >= 4 is 29.1 Å². The highest BCUT2D eigenvalue weighted by atomic mass is 32.2. The number of nitrogens with one attached hydrogen (secondary N) is 1. The number of anilines is 1. The van der Waals surface area contributed by atoms with E-state index in [2.05, 4.69) is 15.5 Å².